The molecule has 9 nitrogen and oxygen atoms in total. The number of hydrogen-bond donors (Lipinski definition) is 2. The van der Waals surface area contributed by atoms with Gasteiger partial charge in [-0.15, -0.1) is 0 Å². The maximum atomic E-state index is 12.9. The van der Waals surface area contributed by atoms with Crippen molar-refractivity contribution in [2.75, 3.05) is 25.0 Å². The van der Waals surface area contributed by atoms with E-state index in [0.29, 0.717) is 38.0 Å². The first-order chi connectivity index (χ1) is 15.3. The standard InChI is InChI=1S/C22H30N4O5S/c27-19(10-7-15-26-20(28)22(24-21(26)29)11-2-3-12-22)23-17-8-6-9-18(16-17)32(30,31)25-13-4-1-5-14-25/h6,8-9,16H,1-5,7,10-15H2,(H,23,27)(H,24,29). The Bertz CT molecular complexity index is 997. The van der Waals surface area contributed by atoms with E-state index in [2.05, 4.69) is 10.6 Å². The summed E-state index contributed by atoms with van der Waals surface area (Å²) < 4.78 is 27.2. The van der Waals surface area contributed by atoms with Crippen molar-refractivity contribution >= 4 is 33.6 Å². The summed E-state index contributed by atoms with van der Waals surface area (Å²) in [5, 5.41) is 5.56. The Morgan fingerprint density at radius 3 is 2.50 bits per heavy atom. The van der Waals surface area contributed by atoms with Gasteiger partial charge in [-0.3, -0.25) is 14.5 Å². The SMILES string of the molecule is O=C(CCCN1C(=O)NC2(CCCC2)C1=O)Nc1cccc(S(=O)(=O)N2CCCCC2)c1. The Balaban J connectivity index is 1.30. The third-order valence-electron chi connectivity index (χ3n) is 6.56. The molecule has 4 amide bonds. The van der Waals surface area contributed by atoms with Crippen LogP contribution in [0.4, 0.5) is 10.5 Å². The summed E-state index contributed by atoms with van der Waals surface area (Å²) in [6, 6.07) is 5.89. The Labute approximate surface area is 188 Å². The van der Waals surface area contributed by atoms with E-state index in [1.165, 1.54) is 21.3 Å². The van der Waals surface area contributed by atoms with Gasteiger partial charge in [-0.2, -0.15) is 4.31 Å². The number of carbonyl (C=O) groups excluding carboxylic acids is 3. The molecule has 1 saturated carbocycles. The number of carbonyl (C=O) groups is 3. The lowest BCUT2D eigenvalue weighted by atomic mass is 9.98. The molecule has 0 radical (unpaired) electrons. The van der Waals surface area contributed by atoms with Crippen LogP contribution >= 0.6 is 0 Å². The van der Waals surface area contributed by atoms with Gasteiger partial charge in [-0.1, -0.05) is 25.3 Å². The van der Waals surface area contributed by atoms with Crippen molar-refractivity contribution in [2.24, 2.45) is 0 Å². The minimum atomic E-state index is -3.58. The molecule has 2 heterocycles. The van der Waals surface area contributed by atoms with Gasteiger partial charge >= 0.3 is 6.03 Å². The second-order valence-electron chi connectivity index (χ2n) is 8.82. The second-order valence-corrected chi connectivity index (χ2v) is 10.8. The molecule has 174 valence electrons. The van der Waals surface area contributed by atoms with E-state index in [9.17, 15) is 22.8 Å². The fourth-order valence-electron chi connectivity index (χ4n) is 4.81. The van der Waals surface area contributed by atoms with Crippen molar-refractivity contribution in [2.45, 2.75) is 68.2 Å². The Morgan fingerprint density at radius 1 is 1.06 bits per heavy atom. The molecule has 0 bridgehead atoms. The van der Waals surface area contributed by atoms with Gasteiger partial charge in [0.05, 0.1) is 4.90 Å². The molecule has 3 fully saturated rings. The van der Waals surface area contributed by atoms with E-state index in [1.54, 1.807) is 12.1 Å². The minimum Gasteiger partial charge on any atom is -0.326 e. The smallest absolute Gasteiger partial charge is 0.325 e. The molecular formula is C22H30N4O5S. The minimum absolute atomic E-state index is 0.118. The van der Waals surface area contributed by atoms with E-state index in [-0.39, 0.29) is 35.7 Å². The van der Waals surface area contributed by atoms with Crippen molar-refractivity contribution in [3.8, 4) is 0 Å². The monoisotopic (exact) mass is 462 g/mol. The molecule has 0 atom stereocenters. The van der Waals surface area contributed by atoms with Crippen LogP contribution in [0.2, 0.25) is 0 Å². The Morgan fingerprint density at radius 2 is 1.78 bits per heavy atom. The van der Waals surface area contributed by atoms with Crippen LogP contribution in [0, 0.1) is 0 Å². The molecule has 0 unspecified atom stereocenters. The number of piperidine rings is 1. The topological polar surface area (TPSA) is 116 Å². The van der Waals surface area contributed by atoms with Crippen molar-refractivity contribution < 1.29 is 22.8 Å². The number of nitrogens with one attached hydrogen (secondary N) is 2. The molecule has 32 heavy (non-hydrogen) atoms. The average molecular weight is 463 g/mol. The van der Waals surface area contributed by atoms with Crippen LogP contribution in [0.25, 0.3) is 0 Å². The van der Waals surface area contributed by atoms with Crippen LogP contribution in [-0.4, -0.2) is 60.6 Å². The number of imide groups is 1. The molecule has 3 aliphatic rings. The summed E-state index contributed by atoms with van der Waals surface area (Å²) in [6.45, 7) is 1.22. The van der Waals surface area contributed by atoms with E-state index in [1.807, 2.05) is 0 Å². The first-order valence-electron chi connectivity index (χ1n) is 11.4. The first kappa shape index (κ1) is 22.7. The van der Waals surface area contributed by atoms with Gasteiger partial charge in [-0.25, -0.2) is 13.2 Å². The lowest BCUT2D eigenvalue weighted by Crippen LogP contribution is -2.44. The normalized spacial score (nSPS) is 21.2. The molecule has 2 aliphatic heterocycles. The molecule has 4 rings (SSSR count). The number of amides is 4. The number of hydrogen-bond acceptors (Lipinski definition) is 5. The maximum Gasteiger partial charge on any atom is 0.325 e. The van der Waals surface area contributed by atoms with Crippen LogP contribution < -0.4 is 10.6 Å². The Hall–Kier alpha value is -2.46. The fourth-order valence-corrected chi connectivity index (χ4v) is 6.37. The molecular weight excluding hydrogens is 432 g/mol. The van der Waals surface area contributed by atoms with E-state index in [4.69, 9.17) is 0 Å². The van der Waals surface area contributed by atoms with Crippen molar-refractivity contribution in [1.29, 1.82) is 0 Å². The number of nitrogens with zero attached hydrogens (tertiary/aromatic N) is 2. The van der Waals surface area contributed by atoms with Crippen LogP contribution in [0.5, 0.6) is 0 Å². The molecule has 1 aliphatic carbocycles. The number of urea groups is 1. The zero-order valence-electron chi connectivity index (χ0n) is 18.1. The largest absolute Gasteiger partial charge is 0.326 e. The lowest BCUT2D eigenvalue weighted by molar-refractivity contribution is -0.131. The van der Waals surface area contributed by atoms with Gasteiger partial charge in [-0.05, 0) is 50.3 Å². The molecule has 1 aromatic carbocycles. The third kappa shape index (κ3) is 4.52. The quantitative estimate of drug-likeness (QED) is 0.604. The van der Waals surface area contributed by atoms with Gasteiger partial charge in [0, 0.05) is 31.7 Å². The maximum absolute atomic E-state index is 12.9. The summed E-state index contributed by atoms with van der Waals surface area (Å²) in [4.78, 5) is 38.6. The van der Waals surface area contributed by atoms with Crippen molar-refractivity contribution in [3.05, 3.63) is 24.3 Å². The van der Waals surface area contributed by atoms with E-state index in [0.717, 1.165) is 32.1 Å². The summed E-state index contributed by atoms with van der Waals surface area (Å²) in [5.41, 5.74) is -0.326. The number of rotatable bonds is 7. The van der Waals surface area contributed by atoms with Gasteiger partial charge < -0.3 is 10.6 Å². The summed E-state index contributed by atoms with van der Waals surface area (Å²) in [6.07, 6.45) is 6.40. The van der Waals surface area contributed by atoms with Gasteiger partial charge in [0.1, 0.15) is 5.54 Å². The molecule has 0 aromatic heterocycles. The second kappa shape index (κ2) is 9.19. The lowest BCUT2D eigenvalue weighted by Gasteiger charge is -2.26. The number of anilines is 1. The van der Waals surface area contributed by atoms with Crippen LogP contribution in [0.15, 0.2) is 29.2 Å². The highest BCUT2D eigenvalue weighted by Crippen LogP contribution is 2.35. The molecule has 1 aromatic rings. The van der Waals surface area contributed by atoms with E-state index < -0.39 is 15.6 Å². The van der Waals surface area contributed by atoms with Crippen molar-refractivity contribution in [1.82, 2.24) is 14.5 Å². The number of benzene rings is 1. The summed E-state index contributed by atoms with van der Waals surface area (Å²) in [5.74, 6) is -0.476. The van der Waals surface area contributed by atoms with Crippen LogP contribution in [0.1, 0.15) is 57.8 Å². The summed E-state index contributed by atoms with van der Waals surface area (Å²) in [7, 11) is -3.58. The Kier molecular flexibility index (Phi) is 6.52. The highest BCUT2D eigenvalue weighted by atomic mass is 32.2. The highest BCUT2D eigenvalue weighted by Gasteiger charge is 2.52. The molecule has 1 spiro atoms. The van der Waals surface area contributed by atoms with Gasteiger partial charge in [0.15, 0.2) is 0 Å². The van der Waals surface area contributed by atoms with Crippen molar-refractivity contribution in [3.63, 3.8) is 0 Å². The summed E-state index contributed by atoms with van der Waals surface area (Å²) >= 11 is 0. The zero-order valence-corrected chi connectivity index (χ0v) is 19.0. The third-order valence-corrected chi connectivity index (χ3v) is 8.45. The van der Waals surface area contributed by atoms with E-state index >= 15 is 0 Å². The predicted octanol–water partition coefficient (Wildman–Crippen LogP) is 2.44. The first-order valence-corrected chi connectivity index (χ1v) is 12.8. The van der Waals surface area contributed by atoms with Crippen LogP contribution in [-0.2, 0) is 19.6 Å². The number of sulfonamides is 1. The molecule has 2 saturated heterocycles. The van der Waals surface area contributed by atoms with Crippen LogP contribution in [0.3, 0.4) is 0 Å². The fraction of sp³-hybridized carbons (Fsp3) is 0.591. The van der Waals surface area contributed by atoms with Gasteiger partial charge in [0.2, 0.25) is 15.9 Å². The average Bonchev–Trinajstić information content (AvgIpc) is 3.34. The molecule has 10 heteroatoms. The zero-order chi connectivity index (χ0) is 22.8. The van der Waals surface area contributed by atoms with Gasteiger partial charge in [0.25, 0.3) is 5.91 Å². The predicted molar refractivity (Wildman–Crippen MR) is 118 cm³/mol. The highest BCUT2D eigenvalue weighted by molar-refractivity contribution is 7.89. The molecule has 2 N–H and O–H groups in total.